The highest BCUT2D eigenvalue weighted by atomic mass is 35.5. The highest BCUT2D eigenvalue weighted by Crippen LogP contribution is 2.44. The monoisotopic (exact) mass is 567 g/mol. The van der Waals surface area contributed by atoms with Gasteiger partial charge in [0.2, 0.25) is 0 Å². The first-order chi connectivity index (χ1) is 17.9. The fourth-order valence-electron chi connectivity index (χ4n) is 4.27. The molecule has 1 unspecified atom stereocenters. The van der Waals surface area contributed by atoms with Crippen LogP contribution in [-0.4, -0.2) is 60.1 Å². The van der Waals surface area contributed by atoms with Gasteiger partial charge in [-0.05, 0) is 67.3 Å². The average Bonchev–Trinajstić information content (AvgIpc) is 2.86. The molecule has 38 heavy (non-hydrogen) atoms. The van der Waals surface area contributed by atoms with E-state index in [4.69, 9.17) is 26.8 Å². The first kappa shape index (κ1) is 28.2. The number of rotatable bonds is 5. The van der Waals surface area contributed by atoms with Crippen molar-refractivity contribution in [1.82, 2.24) is 9.21 Å². The van der Waals surface area contributed by atoms with Crippen LogP contribution in [0.1, 0.15) is 20.8 Å². The van der Waals surface area contributed by atoms with Crippen LogP contribution >= 0.6 is 23.5 Å². The second-order valence-electron chi connectivity index (χ2n) is 9.92. The number of nitrogen functional groups attached to an aromatic ring is 1. The van der Waals surface area contributed by atoms with Crippen LogP contribution in [0.25, 0.3) is 21.9 Å². The molecule has 3 aromatic carbocycles. The number of fused-ring (bicyclic) bond motifs is 1. The third-order valence-corrected chi connectivity index (χ3v) is 7.60. The maximum atomic E-state index is 15.8. The summed E-state index contributed by atoms with van der Waals surface area (Å²) in [7, 11) is 1.52. The van der Waals surface area contributed by atoms with E-state index >= 15 is 4.39 Å². The minimum absolute atomic E-state index is 0.0820. The lowest BCUT2D eigenvalue weighted by Gasteiger charge is -2.40. The van der Waals surface area contributed by atoms with Gasteiger partial charge in [0, 0.05) is 25.2 Å². The Kier molecular flexibility index (Phi) is 8.25. The van der Waals surface area contributed by atoms with Gasteiger partial charge < -0.3 is 20.1 Å². The summed E-state index contributed by atoms with van der Waals surface area (Å²) in [6, 6.07) is 11.1. The quantitative estimate of drug-likeness (QED) is 0.262. The van der Waals surface area contributed by atoms with Crippen molar-refractivity contribution >= 4 is 46.1 Å². The minimum Gasteiger partial charge on any atom is -0.497 e. The van der Waals surface area contributed by atoms with Gasteiger partial charge in [0.1, 0.15) is 11.4 Å². The fraction of sp³-hybridized carbons (Fsp3) is 0.370. The van der Waals surface area contributed by atoms with E-state index in [9.17, 15) is 13.6 Å². The molecule has 3 aromatic rings. The van der Waals surface area contributed by atoms with Gasteiger partial charge in [0.25, 0.3) is 6.43 Å². The maximum Gasteiger partial charge on any atom is 0.410 e. The molecule has 0 aromatic heterocycles. The molecule has 0 spiro atoms. The smallest absolute Gasteiger partial charge is 0.410 e. The molecular formula is C27H29ClF3N3O3S. The lowest BCUT2D eigenvalue weighted by molar-refractivity contribution is -0.00910. The van der Waals surface area contributed by atoms with Crippen molar-refractivity contribution in [2.75, 3.05) is 32.5 Å². The molecule has 1 heterocycles. The summed E-state index contributed by atoms with van der Waals surface area (Å²) in [5.74, 6) is -0.229. The average molecular weight is 568 g/mol. The largest absolute Gasteiger partial charge is 0.497 e. The molecule has 0 aliphatic carbocycles. The van der Waals surface area contributed by atoms with Crippen molar-refractivity contribution in [3.63, 3.8) is 0 Å². The number of hydrogen-bond acceptors (Lipinski definition) is 6. The van der Waals surface area contributed by atoms with E-state index in [0.717, 1.165) is 22.7 Å². The molecular weight excluding hydrogens is 539 g/mol. The number of halogens is 4. The number of ether oxygens (including phenoxy) is 2. The summed E-state index contributed by atoms with van der Waals surface area (Å²) in [6.45, 7) is 5.14. The molecule has 6 nitrogen and oxygen atoms in total. The third-order valence-electron chi connectivity index (χ3n) is 6.08. The van der Waals surface area contributed by atoms with Gasteiger partial charge >= 0.3 is 6.09 Å². The van der Waals surface area contributed by atoms with Gasteiger partial charge in [-0.3, -0.25) is 0 Å². The number of alkyl halides is 2. The summed E-state index contributed by atoms with van der Waals surface area (Å²) in [5.41, 5.74) is 5.85. The van der Waals surface area contributed by atoms with Gasteiger partial charge in [-0.15, -0.1) is 0 Å². The molecule has 0 bridgehead atoms. The number of nitrogens with two attached hydrogens (primary N) is 1. The van der Waals surface area contributed by atoms with Crippen LogP contribution in [0.3, 0.4) is 0 Å². The fourth-order valence-corrected chi connectivity index (χ4v) is 5.71. The Morgan fingerprint density at radius 3 is 2.55 bits per heavy atom. The molecule has 1 atom stereocenters. The van der Waals surface area contributed by atoms with Crippen LogP contribution in [0.4, 0.5) is 23.7 Å². The van der Waals surface area contributed by atoms with Crippen molar-refractivity contribution in [3.05, 3.63) is 53.3 Å². The topological polar surface area (TPSA) is 68.0 Å². The van der Waals surface area contributed by atoms with Crippen molar-refractivity contribution in [2.45, 2.75) is 43.7 Å². The third kappa shape index (κ3) is 5.92. The first-order valence-electron chi connectivity index (χ1n) is 11.9. The van der Waals surface area contributed by atoms with E-state index in [1.54, 1.807) is 26.8 Å². The molecule has 1 aliphatic rings. The predicted octanol–water partition coefficient (Wildman–Crippen LogP) is 7.08. The zero-order chi connectivity index (χ0) is 27.8. The molecule has 0 radical (unpaired) electrons. The summed E-state index contributed by atoms with van der Waals surface area (Å²) < 4.78 is 56.0. The number of hydrogen-bond donors (Lipinski definition) is 1. The van der Waals surface area contributed by atoms with Gasteiger partial charge in [-0.25, -0.2) is 22.3 Å². The second-order valence-corrected chi connectivity index (χ2v) is 11.4. The van der Waals surface area contributed by atoms with Crippen LogP contribution in [0.5, 0.6) is 5.75 Å². The Bertz CT molecular complexity index is 1350. The molecule has 4 rings (SSSR count). The molecule has 1 aliphatic heterocycles. The molecule has 1 saturated heterocycles. The summed E-state index contributed by atoms with van der Waals surface area (Å²) in [5, 5.41) is 1.67. The Balaban J connectivity index is 1.65. The molecule has 2 N–H and O–H groups in total. The van der Waals surface area contributed by atoms with Gasteiger partial charge in [0.05, 0.1) is 28.8 Å². The van der Waals surface area contributed by atoms with E-state index in [1.165, 1.54) is 22.4 Å². The molecule has 0 saturated carbocycles. The Hall–Kier alpha value is -2.82. The summed E-state index contributed by atoms with van der Waals surface area (Å²) in [4.78, 5) is 13.9. The highest BCUT2D eigenvalue weighted by molar-refractivity contribution is 7.97. The van der Waals surface area contributed by atoms with Crippen LogP contribution in [0, 0.1) is 5.82 Å². The number of carbonyl (C=O) groups is 1. The van der Waals surface area contributed by atoms with Gasteiger partial charge in [-0.1, -0.05) is 35.9 Å². The zero-order valence-electron chi connectivity index (χ0n) is 21.4. The lowest BCUT2D eigenvalue weighted by atomic mass is 9.97. The van der Waals surface area contributed by atoms with Crippen molar-refractivity contribution < 1.29 is 27.4 Å². The first-order valence-corrected chi connectivity index (χ1v) is 13.1. The highest BCUT2D eigenvalue weighted by Gasteiger charge is 2.38. The standard InChI is InChI=1S/C27H29ClF3N3O3S/c1-27(2,3)37-26(35)33-9-10-34(20(14-33)25(30)31)38-21-13-19(28)22(23(29)24(21)32)18-12-16(36-4)11-15-7-5-6-8-17(15)18/h5-8,11-13,20,25H,9-10,14,32H2,1-4H3. The number of anilines is 1. The number of amides is 1. The van der Waals surface area contributed by atoms with Crippen molar-refractivity contribution in [2.24, 2.45) is 0 Å². The van der Waals surface area contributed by atoms with Crippen LogP contribution < -0.4 is 10.5 Å². The van der Waals surface area contributed by atoms with E-state index in [-0.39, 0.29) is 40.8 Å². The predicted molar refractivity (Wildman–Crippen MR) is 145 cm³/mol. The summed E-state index contributed by atoms with van der Waals surface area (Å²) >= 11 is 7.49. The van der Waals surface area contributed by atoms with Crippen molar-refractivity contribution in [1.29, 1.82) is 0 Å². The molecule has 1 fully saturated rings. The van der Waals surface area contributed by atoms with Crippen LogP contribution in [-0.2, 0) is 4.74 Å². The Morgan fingerprint density at radius 1 is 1.18 bits per heavy atom. The molecule has 11 heteroatoms. The van der Waals surface area contributed by atoms with E-state index in [1.807, 2.05) is 30.3 Å². The van der Waals surface area contributed by atoms with Gasteiger partial charge in [0.15, 0.2) is 5.82 Å². The minimum atomic E-state index is -2.77. The number of piperazine rings is 1. The van der Waals surface area contributed by atoms with E-state index in [2.05, 4.69) is 0 Å². The summed E-state index contributed by atoms with van der Waals surface area (Å²) in [6.07, 6.45) is -3.42. The normalized spacial score (nSPS) is 16.8. The van der Waals surface area contributed by atoms with Crippen molar-refractivity contribution in [3.8, 4) is 16.9 Å². The van der Waals surface area contributed by atoms with Crippen LogP contribution in [0.2, 0.25) is 5.02 Å². The second kappa shape index (κ2) is 11.1. The van der Waals surface area contributed by atoms with E-state index in [0.29, 0.717) is 11.3 Å². The lowest BCUT2D eigenvalue weighted by Crippen LogP contribution is -2.55. The Morgan fingerprint density at radius 2 is 1.89 bits per heavy atom. The molecule has 1 amide bonds. The number of methoxy groups -OCH3 is 1. The van der Waals surface area contributed by atoms with Gasteiger partial charge in [-0.2, -0.15) is 0 Å². The number of nitrogens with zero attached hydrogens (tertiary/aromatic N) is 2. The van der Waals surface area contributed by atoms with Crippen LogP contribution in [0.15, 0.2) is 47.4 Å². The SMILES string of the molecule is COc1cc(-c2c(Cl)cc(SN3CCN(C(=O)OC(C)(C)C)CC3C(F)F)c(N)c2F)c2ccccc2c1. The number of benzene rings is 3. The molecule has 204 valence electrons. The maximum absolute atomic E-state index is 15.8. The van der Waals surface area contributed by atoms with E-state index < -0.39 is 30.0 Å². The zero-order valence-corrected chi connectivity index (χ0v) is 23.0. The number of carbonyl (C=O) groups excluding carboxylic acids is 1. The Labute approximate surface area is 228 Å².